The Morgan fingerprint density at radius 1 is 1.25 bits per heavy atom. The molecule has 3 N–H and O–H groups in total. The minimum absolute atomic E-state index is 0.0322. The SMILES string of the molecule is CC(C(=O)Nc1ccccc1N)N(C)CCCN(C)C. The van der Waals surface area contributed by atoms with Gasteiger partial charge in [-0.3, -0.25) is 9.69 Å². The van der Waals surface area contributed by atoms with E-state index >= 15 is 0 Å². The number of hydrogen-bond donors (Lipinski definition) is 2. The van der Waals surface area contributed by atoms with Gasteiger partial charge in [0.15, 0.2) is 0 Å². The molecule has 0 aromatic heterocycles. The minimum atomic E-state index is -0.184. The lowest BCUT2D eigenvalue weighted by Crippen LogP contribution is -2.40. The average Bonchev–Trinajstić information content (AvgIpc) is 2.39. The predicted octanol–water partition coefficient (Wildman–Crippen LogP) is 1.48. The van der Waals surface area contributed by atoms with Gasteiger partial charge < -0.3 is 16.0 Å². The minimum Gasteiger partial charge on any atom is -0.397 e. The van der Waals surface area contributed by atoms with Gasteiger partial charge in [0.2, 0.25) is 5.91 Å². The second-order valence-electron chi connectivity index (χ2n) is 5.39. The summed E-state index contributed by atoms with van der Waals surface area (Å²) in [5.74, 6) is -0.0322. The molecule has 0 spiro atoms. The molecule has 0 aliphatic heterocycles. The van der Waals surface area contributed by atoms with E-state index in [9.17, 15) is 4.79 Å². The molecule has 5 nitrogen and oxygen atoms in total. The highest BCUT2D eigenvalue weighted by atomic mass is 16.2. The Labute approximate surface area is 121 Å². The molecule has 0 heterocycles. The zero-order valence-corrected chi connectivity index (χ0v) is 12.9. The molecule has 1 atom stereocenters. The molecular formula is C15H26N4O. The number of rotatable bonds is 7. The molecule has 1 unspecified atom stereocenters. The van der Waals surface area contributed by atoms with Crippen LogP contribution in [0.3, 0.4) is 0 Å². The van der Waals surface area contributed by atoms with Crippen molar-refractivity contribution in [3.05, 3.63) is 24.3 Å². The number of anilines is 2. The number of benzene rings is 1. The van der Waals surface area contributed by atoms with Crippen molar-refractivity contribution in [2.75, 3.05) is 45.3 Å². The summed E-state index contributed by atoms with van der Waals surface area (Å²) < 4.78 is 0. The number of hydrogen-bond acceptors (Lipinski definition) is 4. The van der Waals surface area contributed by atoms with E-state index in [1.54, 1.807) is 6.07 Å². The van der Waals surface area contributed by atoms with Crippen LogP contribution in [-0.2, 0) is 4.79 Å². The Bertz CT molecular complexity index is 434. The molecule has 0 radical (unpaired) electrons. The summed E-state index contributed by atoms with van der Waals surface area (Å²) in [4.78, 5) is 16.4. The third-order valence-corrected chi connectivity index (χ3v) is 3.38. The van der Waals surface area contributed by atoms with Crippen molar-refractivity contribution >= 4 is 17.3 Å². The predicted molar refractivity (Wildman–Crippen MR) is 84.7 cm³/mol. The number of carbonyl (C=O) groups is 1. The standard InChI is InChI=1S/C15H26N4O/c1-12(19(4)11-7-10-18(2)3)15(20)17-14-9-6-5-8-13(14)16/h5-6,8-9,12H,7,10-11,16H2,1-4H3,(H,17,20). The van der Waals surface area contributed by atoms with Crippen molar-refractivity contribution in [1.29, 1.82) is 0 Å². The van der Waals surface area contributed by atoms with Crippen LogP contribution in [0.2, 0.25) is 0 Å². The van der Waals surface area contributed by atoms with Crippen molar-refractivity contribution in [2.45, 2.75) is 19.4 Å². The van der Waals surface area contributed by atoms with Crippen LogP contribution in [0.5, 0.6) is 0 Å². The average molecular weight is 278 g/mol. The number of amides is 1. The largest absolute Gasteiger partial charge is 0.397 e. The normalized spacial score (nSPS) is 12.7. The van der Waals surface area contributed by atoms with Crippen LogP contribution < -0.4 is 11.1 Å². The third-order valence-electron chi connectivity index (χ3n) is 3.38. The van der Waals surface area contributed by atoms with Crippen molar-refractivity contribution in [3.8, 4) is 0 Å². The smallest absolute Gasteiger partial charge is 0.241 e. The topological polar surface area (TPSA) is 61.6 Å². The molecule has 0 aliphatic carbocycles. The summed E-state index contributed by atoms with van der Waals surface area (Å²) in [5.41, 5.74) is 7.08. The van der Waals surface area contributed by atoms with E-state index in [1.165, 1.54) is 0 Å². The van der Waals surface area contributed by atoms with Gasteiger partial charge in [-0.2, -0.15) is 0 Å². The van der Waals surface area contributed by atoms with Crippen LogP contribution in [0, 0.1) is 0 Å². The van der Waals surface area contributed by atoms with Crippen molar-refractivity contribution in [1.82, 2.24) is 9.80 Å². The first-order valence-corrected chi connectivity index (χ1v) is 6.92. The van der Waals surface area contributed by atoms with Crippen LogP contribution in [0.1, 0.15) is 13.3 Å². The molecule has 1 aromatic carbocycles. The molecule has 1 rings (SSSR count). The molecular weight excluding hydrogens is 252 g/mol. The van der Waals surface area contributed by atoms with E-state index in [2.05, 4.69) is 15.1 Å². The highest BCUT2D eigenvalue weighted by molar-refractivity contribution is 5.96. The molecule has 1 aromatic rings. The van der Waals surface area contributed by atoms with Gasteiger partial charge in [0.1, 0.15) is 0 Å². The van der Waals surface area contributed by atoms with Gasteiger partial charge in [-0.15, -0.1) is 0 Å². The molecule has 0 bridgehead atoms. The Hall–Kier alpha value is -1.59. The number of nitrogens with zero attached hydrogens (tertiary/aromatic N) is 2. The van der Waals surface area contributed by atoms with Crippen molar-refractivity contribution < 1.29 is 4.79 Å². The van der Waals surface area contributed by atoms with Crippen molar-refractivity contribution in [2.24, 2.45) is 0 Å². The zero-order valence-electron chi connectivity index (χ0n) is 12.9. The summed E-state index contributed by atoms with van der Waals surface area (Å²) in [6.45, 7) is 3.81. The van der Waals surface area contributed by atoms with Crippen LogP contribution in [0.25, 0.3) is 0 Å². The number of nitrogens with two attached hydrogens (primary N) is 1. The first-order chi connectivity index (χ1) is 9.41. The number of para-hydroxylation sites is 2. The fourth-order valence-corrected chi connectivity index (χ4v) is 1.88. The summed E-state index contributed by atoms with van der Waals surface area (Å²) in [6, 6.07) is 7.11. The maximum Gasteiger partial charge on any atom is 0.241 e. The Morgan fingerprint density at radius 2 is 1.90 bits per heavy atom. The summed E-state index contributed by atoms with van der Waals surface area (Å²) in [7, 11) is 6.07. The van der Waals surface area contributed by atoms with Crippen molar-refractivity contribution in [3.63, 3.8) is 0 Å². The monoisotopic (exact) mass is 278 g/mol. The second kappa shape index (κ2) is 7.87. The van der Waals surface area contributed by atoms with E-state index in [-0.39, 0.29) is 11.9 Å². The van der Waals surface area contributed by atoms with Gasteiger partial charge in [0, 0.05) is 0 Å². The summed E-state index contributed by atoms with van der Waals surface area (Å²) in [6.07, 6.45) is 1.04. The molecule has 0 aliphatic rings. The fraction of sp³-hybridized carbons (Fsp3) is 0.533. The number of carbonyl (C=O) groups excluding carboxylic acids is 1. The van der Waals surface area contributed by atoms with Gasteiger partial charge in [0.25, 0.3) is 0 Å². The first kappa shape index (κ1) is 16.5. The maximum absolute atomic E-state index is 12.2. The van der Waals surface area contributed by atoms with Crippen LogP contribution in [-0.4, -0.2) is 56.0 Å². The lowest BCUT2D eigenvalue weighted by Gasteiger charge is -2.24. The maximum atomic E-state index is 12.2. The highest BCUT2D eigenvalue weighted by Gasteiger charge is 2.18. The van der Waals surface area contributed by atoms with Crippen LogP contribution in [0.4, 0.5) is 11.4 Å². The molecule has 0 fully saturated rings. The van der Waals surface area contributed by atoms with E-state index in [1.807, 2.05) is 46.3 Å². The fourth-order valence-electron chi connectivity index (χ4n) is 1.88. The molecule has 20 heavy (non-hydrogen) atoms. The lowest BCUT2D eigenvalue weighted by atomic mass is 10.2. The van der Waals surface area contributed by atoms with Crippen LogP contribution in [0.15, 0.2) is 24.3 Å². The Morgan fingerprint density at radius 3 is 2.50 bits per heavy atom. The lowest BCUT2D eigenvalue weighted by molar-refractivity contribution is -0.120. The highest BCUT2D eigenvalue weighted by Crippen LogP contribution is 2.17. The van der Waals surface area contributed by atoms with Crippen LogP contribution >= 0.6 is 0 Å². The van der Waals surface area contributed by atoms with E-state index in [0.29, 0.717) is 11.4 Å². The van der Waals surface area contributed by atoms with Gasteiger partial charge in [-0.25, -0.2) is 0 Å². The Balaban J connectivity index is 2.48. The number of nitrogen functional groups attached to an aromatic ring is 1. The van der Waals surface area contributed by atoms with Gasteiger partial charge in [-0.1, -0.05) is 12.1 Å². The summed E-state index contributed by atoms with van der Waals surface area (Å²) >= 11 is 0. The second-order valence-corrected chi connectivity index (χ2v) is 5.39. The molecule has 0 saturated heterocycles. The zero-order chi connectivity index (χ0) is 15.1. The molecule has 5 heteroatoms. The third kappa shape index (κ3) is 5.19. The summed E-state index contributed by atoms with van der Waals surface area (Å²) in [5, 5.41) is 2.87. The van der Waals surface area contributed by atoms with E-state index in [0.717, 1.165) is 19.5 Å². The van der Waals surface area contributed by atoms with Gasteiger partial charge in [-0.05, 0) is 59.7 Å². The van der Waals surface area contributed by atoms with E-state index in [4.69, 9.17) is 5.73 Å². The molecule has 0 saturated carbocycles. The van der Waals surface area contributed by atoms with E-state index < -0.39 is 0 Å². The molecule has 112 valence electrons. The Kier molecular flexibility index (Phi) is 6.48. The van der Waals surface area contributed by atoms with Gasteiger partial charge >= 0.3 is 0 Å². The first-order valence-electron chi connectivity index (χ1n) is 6.92. The quantitative estimate of drug-likeness (QED) is 0.742. The molecule has 1 amide bonds. The number of nitrogens with one attached hydrogen (secondary N) is 1. The number of likely N-dealkylation sites (N-methyl/N-ethyl adjacent to an activating group) is 1. The van der Waals surface area contributed by atoms with Gasteiger partial charge in [0.05, 0.1) is 17.4 Å².